The van der Waals surface area contributed by atoms with E-state index in [0.29, 0.717) is 18.4 Å². The van der Waals surface area contributed by atoms with Crippen LogP contribution >= 0.6 is 11.3 Å². The fourth-order valence-corrected chi connectivity index (χ4v) is 2.87. The average molecular weight is 194 g/mol. The van der Waals surface area contributed by atoms with Crippen LogP contribution in [-0.2, 0) is 0 Å². The van der Waals surface area contributed by atoms with Gasteiger partial charge in [-0.25, -0.2) is 0 Å². The van der Waals surface area contributed by atoms with E-state index in [0.717, 1.165) is 12.8 Å². The molecule has 1 N–H and O–H groups in total. The maximum Gasteiger partial charge on any atom is 0.0468 e. The first kappa shape index (κ1) is 8.97. The van der Waals surface area contributed by atoms with Gasteiger partial charge in [-0.3, -0.25) is 0 Å². The Kier molecular flexibility index (Phi) is 2.51. The highest BCUT2D eigenvalue weighted by Gasteiger charge is 2.30. The first-order chi connectivity index (χ1) is 6.31. The molecule has 1 aromatic rings. The molecule has 2 unspecified atom stereocenters. The first-order valence-electron chi connectivity index (χ1n) is 4.61. The van der Waals surface area contributed by atoms with E-state index in [9.17, 15) is 5.11 Å². The van der Waals surface area contributed by atoms with Crippen molar-refractivity contribution in [2.24, 2.45) is 5.92 Å². The predicted molar refractivity (Wildman–Crippen MR) is 56.0 cm³/mol. The molecule has 1 heterocycles. The summed E-state index contributed by atoms with van der Waals surface area (Å²) >= 11 is 1.73. The predicted octanol–water partition coefficient (Wildman–Crippen LogP) is 2.79. The van der Waals surface area contributed by atoms with Crippen molar-refractivity contribution < 1.29 is 5.11 Å². The van der Waals surface area contributed by atoms with Gasteiger partial charge in [0.15, 0.2) is 0 Å². The van der Waals surface area contributed by atoms with E-state index >= 15 is 0 Å². The molecule has 2 heteroatoms. The summed E-state index contributed by atoms with van der Waals surface area (Å²) in [4.78, 5) is 0. The Morgan fingerprint density at radius 2 is 2.38 bits per heavy atom. The molecule has 70 valence electrons. The maximum absolute atomic E-state index is 9.22. The number of thiophene rings is 1. The fraction of sp³-hybridized carbons (Fsp3) is 0.455. The summed E-state index contributed by atoms with van der Waals surface area (Å²) in [6, 6.07) is 2.16. The number of hydrogen-bond donors (Lipinski definition) is 1. The van der Waals surface area contributed by atoms with Crippen molar-refractivity contribution in [2.75, 3.05) is 6.61 Å². The van der Waals surface area contributed by atoms with E-state index < -0.39 is 0 Å². The zero-order valence-corrected chi connectivity index (χ0v) is 8.39. The Hall–Kier alpha value is -0.600. The van der Waals surface area contributed by atoms with Crippen molar-refractivity contribution in [1.29, 1.82) is 0 Å². The van der Waals surface area contributed by atoms with Crippen molar-refractivity contribution in [3.8, 4) is 0 Å². The molecule has 0 aromatic carbocycles. The van der Waals surface area contributed by atoms with Gasteiger partial charge < -0.3 is 5.11 Å². The van der Waals surface area contributed by atoms with Crippen molar-refractivity contribution in [3.63, 3.8) is 0 Å². The average Bonchev–Trinajstić information content (AvgIpc) is 2.71. The molecule has 1 fully saturated rings. The van der Waals surface area contributed by atoms with Gasteiger partial charge >= 0.3 is 0 Å². The SMILES string of the molecule is C=C1CC(CO)C(c2ccsc2)C1. The molecule has 0 saturated heterocycles. The molecule has 0 radical (unpaired) electrons. The molecule has 0 aliphatic heterocycles. The highest BCUT2D eigenvalue weighted by Crippen LogP contribution is 2.42. The Morgan fingerprint density at radius 3 is 3.00 bits per heavy atom. The third-order valence-electron chi connectivity index (χ3n) is 2.83. The second kappa shape index (κ2) is 3.64. The van der Waals surface area contributed by atoms with Gasteiger partial charge in [0.1, 0.15) is 0 Å². The fourth-order valence-electron chi connectivity index (χ4n) is 2.14. The molecule has 1 aliphatic rings. The zero-order valence-electron chi connectivity index (χ0n) is 7.57. The summed E-state index contributed by atoms with van der Waals surface area (Å²) in [5, 5.41) is 13.5. The van der Waals surface area contributed by atoms with Crippen LogP contribution in [0.2, 0.25) is 0 Å². The second-order valence-corrected chi connectivity index (χ2v) is 4.54. The number of aliphatic hydroxyl groups is 1. The summed E-state index contributed by atoms with van der Waals surface area (Å²) in [6.07, 6.45) is 2.05. The van der Waals surface area contributed by atoms with Crippen LogP contribution in [0.5, 0.6) is 0 Å². The normalized spacial score (nSPS) is 28.2. The van der Waals surface area contributed by atoms with Crippen LogP contribution in [-0.4, -0.2) is 11.7 Å². The van der Waals surface area contributed by atoms with Crippen molar-refractivity contribution in [1.82, 2.24) is 0 Å². The monoisotopic (exact) mass is 194 g/mol. The minimum atomic E-state index is 0.291. The third kappa shape index (κ3) is 1.69. The van der Waals surface area contributed by atoms with E-state index in [1.165, 1.54) is 11.1 Å². The molecule has 2 rings (SSSR count). The molecular weight excluding hydrogens is 180 g/mol. The lowest BCUT2D eigenvalue weighted by Crippen LogP contribution is -2.09. The van der Waals surface area contributed by atoms with Crippen molar-refractivity contribution in [2.45, 2.75) is 18.8 Å². The summed E-state index contributed by atoms with van der Waals surface area (Å²) in [5.74, 6) is 0.922. The van der Waals surface area contributed by atoms with Crippen LogP contribution in [0.4, 0.5) is 0 Å². The Labute approximate surface area is 82.7 Å². The summed E-state index contributed by atoms with van der Waals surface area (Å²) in [5.41, 5.74) is 2.66. The maximum atomic E-state index is 9.22. The van der Waals surface area contributed by atoms with Crippen LogP contribution in [0.15, 0.2) is 29.0 Å². The standard InChI is InChI=1S/C11H14OS/c1-8-4-10(6-12)11(5-8)9-2-3-13-7-9/h2-3,7,10-12H,1,4-6H2. The molecule has 13 heavy (non-hydrogen) atoms. The minimum absolute atomic E-state index is 0.291. The summed E-state index contributed by atoms with van der Waals surface area (Å²) in [7, 11) is 0. The van der Waals surface area contributed by atoms with Crippen LogP contribution in [0.3, 0.4) is 0 Å². The van der Waals surface area contributed by atoms with Gasteiger partial charge in [0.05, 0.1) is 0 Å². The molecule has 0 bridgehead atoms. The quantitative estimate of drug-likeness (QED) is 0.718. The number of aliphatic hydroxyl groups excluding tert-OH is 1. The molecule has 2 atom stereocenters. The van der Waals surface area contributed by atoms with E-state index in [1.54, 1.807) is 11.3 Å². The smallest absolute Gasteiger partial charge is 0.0468 e. The largest absolute Gasteiger partial charge is 0.396 e. The topological polar surface area (TPSA) is 20.2 Å². The van der Waals surface area contributed by atoms with E-state index in [1.807, 2.05) is 0 Å². The summed E-state index contributed by atoms with van der Waals surface area (Å²) in [6.45, 7) is 4.30. The number of allylic oxidation sites excluding steroid dienone is 1. The van der Waals surface area contributed by atoms with E-state index in [-0.39, 0.29) is 0 Å². The second-order valence-electron chi connectivity index (χ2n) is 3.76. The minimum Gasteiger partial charge on any atom is -0.396 e. The molecule has 1 saturated carbocycles. The van der Waals surface area contributed by atoms with Crippen LogP contribution < -0.4 is 0 Å². The third-order valence-corrected chi connectivity index (χ3v) is 3.54. The Bertz CT molecular complexity index is 289. The Balaban J connectivity index is 2.19. The molecule has 1 aromatic heterocycles. The van der Waals surface area contributed by atoms with Crippen LogP contribution in [0.25, 0.3) is 0 Å². The molecule has 1 nitrogen and oxygen atoms in total. The molecule has 0 spiro atoms. The van der Waals surface area contributed by atoms with Gasteiger partial charge in [-0.05, 0) is 47.1 Å². The van der Waals surface area contributed by atoms with Gasteiger partial charge in [-0.2, -0.15) is 11.3 Å². The Morgan fingerprint density at radius 1 is 1.54 bits per heavy atom. The lowest BCUT2D eigenvalue weighted by atomic mass is 9.91. The first-order valence-corrected chi connectivity index (χ1v) is 5.55. The van der Waals surface area contributed by atoms with Gasteiger partial charge in [-0.15, -0.1) is 0 Å². The molecule has 1 aliphatic carbocycles. The van der Waals surface area contributed by atoms with Crippen LogP contribution in [0, 0.1) is 5.92 Å². The lowest BCUT2D eigenvalue weighted by molar-refractivity contribution is 0.219. The zero-order chi connectivity index (χ0) is 9.26. The van der Waals surface area contributed by atoms with Gasteiger partial charge in [0.2, 0.25) is 0 Å². The van der Waals surface area contributed by atoms with E-state index in [4.69, 9.17) is 0 Å². The number of hydrogen-bond acceptors (Lipinski definition) is 2. The highest BCUT2D eigenvalue weighted by atomic mass is 32.1. The number of rotatable bonds is 2. The van der Waals surface area contributed by atoms with E-state index in [2.05, 4.69) is 23.4 Å². The van der Waals surface area contributed by atoms with Crippen LogP contribution in [0.1, 0.15) is 24.3 Å². The van der Waals surface area contributed by atoms with Crippen molar-refractivity contribution >= 4 is 11.3 Å². The lowest BCUT2D eigenvalue weighted by Gasteiger charge is -2.14. The van der Waals surface area contributed by atoms with Gasteiger partial charge in [-0.1, -0.05) is 12.2 Å². The molecule has 0 amide bonds. The van der Waals surface area contributed by atoms with Gasteiger partial charge in [0, 0.05) is 6.61 Å². The van der Waals surface area contributed by atoms with Crippen molar-refractivity contribution in [3.05, 3.63) is 34.5 Å². The molecular formula is C11H14OS. The highest BCUT2D eigenvalue weighted by molar-refractivity contribution is 7.07. The summed E-state index contributed by atoms with van der Waals surface area (Å²) < 4.78 is 0. The van der Waals surface area contributed by atoms with Gasteiger partial charge in [0.25, 0.3) is 0 Å².